The van der Waals surface area contributed by atoms with Crippen LogP contribution >= 0.6 is 0 Å². The van der Waals surface area contributed by atoms with E-state index in [0.717, 1.165) is 16.5 Å². The van der Waals surface area contributed by atoms with Gasteiger partial charge < -0.3 is 23.4 Å². The minimum Gasteiger partial charge on any atom is -0.493 e. The number of rotatable bonds is 7. The average Bonchev–Trinajstić information content (AvgIpc) is 3.25. The summed E-state index contributed by atoms with van der Waals surface area (Å²) in [5.41, 5.74) is 0.656. The fourth-order valence-electron chi connectivity index (χ4n) is 3.04. The maximum absolute atomic E-state index is 5.81. The van der Waals surface area contributed by atoms with Crippen LogP contribution in [-0.2, 0) is 6.61 Å². The normalized spacial score (nSPS) is 10.7. The van der Waals surface area contributed by atoms with Crippen LogP contribution in [0.3, 0.4) is 0 Å². The van der Waals surface area contributed by atoms with Crippen LogP contribution in [0.15, 0.2) is 59.0 Å². The summed E-state index contributed by atoms with van der Waals surface area (Å²) in [7, 11) is 4.66. The number of nitrogens with zero attached hydrogens (tertiary/aromatic N) is 2. The molecule has 7 nitrogen and oxygen atoms in total. The molecule has 29 heavy (non-hydrogen) atoms. The third-order valence-electron chi connectivity index (χ3n) is 4.46. The summed E-state index contributed by atoms with van der Waals surface area (Å²) in [5.74, 6) is 2.95. The summed E-state index contributed by atoms with van der Waals surface area (Å²) in [5, 5.41) is 10.4. The maximum atomic E-state index is 5.81. The largest absolute Gasteiger partial charge is 0.493 e. The van der Waals surface area contributed by atoms with Gasteiger partial charge in [-0.05, 0) is 35.0 Å². The van der Waals surface area contributed by atoms with Gasteiger partial charge >= 0.3 is 0 Å². The summed E-state index contributed by atoms with van der Waals surface area (Å²) in [6, 6.07) is 17.5. The van der Waals surface area contributed by atoms with Crippen molar-refractivity contribution < 1.29 is 23.4 Å². The quantitative estimate of drug-likeness (QED) is 0.458. The van der Waals surface area contributed by atoms with Gasteiger partial charge in [-0.1, -0.05) is 30.3 Å². The van der Waals surface area contributed by atoms with Crippen molar-refractivity contribution in [1.29, 1.82) is 0 Å². The van der Waals surface area contributed by atoms with Crippen LogP contribution in [0, 0.1) is 0 Å². The molecule has 0 atom stereocenters. The second-order valence-electron chi connectivity index (χ2n) is 6.21. The van der Waals surface area contributed by atoms with E-state index < -0.39 is 0 Å². The fraction of sp³-hybridized carbons (Fsp3) is 0.182. The lowest BCUT2D eigenvalue weighted by Crippen LogP contribution is -1.96. The van der Waals surface area contributed by atoms with Crippen LogP contribution in [0.1, 0.15) is 5.89 Å². The summed E-state index contributed by atoms with van der Waals surface area (Å²) < 4.78 is 27.6. The molecule has 148 valence electrons. The van der Waals surface area contributed by atoms with Crippen LogP contribution in [-0.4, -0.2) is 31.5 Å². The van der Waals surface area contributed by atoms with Crippen molar-refractivity contribution in [2.24, 2.45) is 0 Å². The topological polar surface area (TPSA) is 75.8 Å². The van der Waals surface area contributed by atoms with Crippen molar-refractivity contribution >= 4 is 10.8 Å². The molecule has 0 saturated heterocycles. The predicted octanol–water partition coefficient (Wildman–Crippen LogP) is 4.49. The Morgan fingerprint density at radius 1 is 0.793 bits per heavy atom. The van der Waals surface area contributed by atoms with Crippen LogP contribution in [0.2, 0.25) is 0 Å². The van der Waals surface area contributed by atoms with Crippen LogP contribution in [0.4, 0.5) is 0 Å². The van der Waals surface area contributed by atoms with E-state index in [1.165, 1.54) is 0 Å². The standard InChI is InChI=1S/C22H20N2O5/c1-25-18-11-16(12-19(26-2)21(18)27-3)22-24-23-20(29-22)13-28-17-9-8-14-6-4-5-7-15(14)10-17/h4-12H,13H2,1-3H3. The molecule has 7 heteroatoms. The van der Waals surface area contributed by atoms with E-state index in [1.54, 1.807) is 33.5 Å². The Kier molecular flexibility index (Phi) is 5.20. The summed E-state index contributed by atoms with van der Waals surface area (Å²) in [6.45, 7) is 0.162. The number of benzene rings is 3. The molecule has 0 spiro atoms. The van der Waals surface area contributed by atoms with E-state index in [9.17, 15) is 0 Å². The lowest BCUT2D eigenvalue weighted by atomic mass is 10.1. The van der Waals surface area contributed by atoms with E-state index in [-0.39, 0.29) is 6.61 Å². The Hall–Kier alpha value is -3.74. The first kappa shape index (κ1) is 18.6. The molecular weight excluding hydrogens is 372 g/mol. The van der Waals surface area contributed by atoms with Crippen molar-refractivity contribution in [2.75, 3.05) is 21.3 Å². The zero-order valence-electron chi connectivity index (χ0n) is 16.3. The van der Waals surface area contributed by atoms with Gasteiger partial charge in [-0.25, -0.2) is 0 Å². The number of hydrogen-bond acceptors (Lipinski definition) is 7. The van der Waals surface area contributed by atoms with Gasteiger partial charge in [0.05, 0.1) is 21.3 Å². The number of aromatic nitrogens is 2. The van der Waals surface area contributed by atoms with E-state index in [0.29, 0.717) is 34.6 Å². The highest BCUT2D eigenvalue weighted by atomic mass is 16.5. The molecule has 1 aromatic heterocycles. The number of hydrogen-bond donors (Lipinski definition) is 0. The fourth-order valence-corrected chi connectivity index (χ4v) is 3.04. The van der Waals surface area contributed by atoms with Crippen molar-refractivity contribution in [1.82, 2.24) is 10.2 Å². The molecule has 4 aromatic rings. The number of fused-ring (bicyclic) bond motifs is 1. The van der Waals surface area contributed by atoms with Crippen molar-refractivity contribution in [3.8, 4) is 34.5 Å². The predicted molar refractivity (Wildman–Crippen MR) is 108 cm³/mol. The van der Waals surface area contributed by atoms with Gasteiger partial charge in [0.1, 0.15) is 5.75 Å². The van der Waals surface area contributed by atoms with E-state index in [2.05, 4.69) is 16.3 Å². The minimum atomic E-state index is 0.162. The Bertz CT molecular complexity index is 1110. The highest BCUT2D eigenvalue weighted by Gasteiger charge is 2.17. The third kappa shape index (κ3) is 3.80. The Morgan fingerprint density at radius 2 is 1.52 bits per heavy atom. The van der Waals surface area contributed by atoms with Crippen LogP contribution < -0.4 is 18.9 Å². The Morgan fingerprint density at radius 3 is 2.21 bits per heavy atom. The third-order valence-corrected chi connectivity index (χ3v) is 4.46. The number of ether oxygens (including phenoxy) is 4. The molecule has 0 unspecified atom stereocenters. The molecule has 4 rings (SSSR count). The molecule has 0 fully saturated rings. The minimum absolute atomic E-state index is 0.162. The molecule has 0 bridgehead atoms. The first-order chi connectivity index (χ1) is 14.2. The van der Waals surface area contributed by atoms with Crippen LogP contribution in [0.5, 0.6) is 23.0 Å². The van der Waals surface area contributed by atoms with E-state index >= 15 is 0 Å². The van der Waals surface area contributed by atoms with Gasteiger partial charge in [0.2, 0.25) is 11.6 Å². The van der Waals surface area contributed by atoms with Gasteiger partial charge in [0.25, 0.3) is 5.89 Å². The van der Waals surface area contributed by atoms with Gasteiger partial charge in [-0.2, -0.15) is 0 Å². The molecule has 0 radical (unpaired) electrons. The zero-order valence-corrected chi connectivity index (χ0v) is 16.3. The summed E-state index contributed by atoms with van der Waals surface area (Å²) >= 11 is 0. The average molecular weight is 392 g/mol. The Balaban J connectivity index is 1.53. The lowest BCUT2D eigenvalue weighted by molar-refractivity contribution is 0.265. The van der Waals surface area contributed by atoms with Gasteiger partial charge in [-0.3, -0.25) is 0 Å². The molecule has 0 aliphatic rings. The van der Waals surface area contributed by atoms with Crippen molar-refractivity contribution in [2.45, 2.75) is 6.61 Å². The zero-order chi connectivity index (χ0) is 20.2. The van der Waals surface area contributed by atoms with Crippen LogP contribution in [0.25, 0.3) is 22.2 Å². The van der Waals surface area contributed by atoms with Crippen molar-refractivity contribution in [3.63, 3.8) is 0 Å². The highest BCUT2D eigenvalue weighted by molar-refractivity contribution is 5.83. The maximum Gasteiger partial charge on any atom is 0.254 e. The molecule has 3 aromatic carbocycles. The molecule has 0 saturated carbocycles. The SMILES string of the molecule is COc1cc(-c2nnc(COc3ccc4ccccc4c3)o2)cc(OC)c1OC. The second-order valence-corrected chi connectivity index (χ2v) is 6.21. The van der Waals surface area contributed by atoms with Crippen molar-refractivity contribution in [3.05, 3.63) is 60.5 Å². The number of methoxy groups -OCH3 is 3. The first-order valence-corrected chi connectivity index (χ1v) is 8.96. The summed E-state index contributed by atoms with van der Waals surface area (Å²) in [6.07, 6.45) is 0. The Labute approximate surface area is 167 Å². The summed E-state index contributed by atoms with van der Waals surface area (Å²) in [4.78, 5) is 0. The van der Waals surface area contributed by atoms with E-state index in [4.69, 9.17) is 23.4 Å². The lowest BCUT2D eigenvalue weighted by Gasteiger charge is -2.12. The van der Waals surface area contributed by atoms with Gasteiger partial charge in [-0.15, -0.1) is 10.2 Å². The monoisotopic (exact) mass is 392 g/mol. The van der Waals surface area contributed by atoms with E-state index in [1.807, 2.05) is 36.4 Å². The second kappa shape index (κ2) is 8.10. The van der Waals surface area contributed by atoms with Gasteiger partial charge in [0.15, 0.2) is 18.1 Å². The smallest absolute Gasteiger partial charge is 0.254 e. The highest BCUT2D eigenvalue weighted by Crippen LogP contribution is 2.40. The molecule has 1 heterocycles. The first-order valence-electron chi connectivity index (χ1n) is 8.96. The van der Waals surface area contributed by atoms with Gasteiger partial charge in [0, 0.05) is 5.56 Å². The molecule has 0 N–H and O–H groups in total. The molecular formula is C22H20N2O5. The molecule has 0 aliphatic heterocycles. The molecule has 0 amide bonds. The molecule has 0 aliphatic carbocycles.